The summed E-state index contributed by atoms with van der Waals surface area (Å²) in [6.07, 6.45) is 18.9. The van der Waals surface area contributed by atoms with Crippen LogP contribution in [0.3, 0.4) is 0 Å². The van der Waals surface area contributed by atoms with Crippen LogP contribution in [0.1, 0.15) is 94.6 Å². The molecule has 1 aromatic carbocycles. The van der Waals surface area contributed by atoms with Crippen LogP contribution in [0.15, 0.2) is 30.5 Å². The molecular formula is C26H41N3. The van der Waals surface area contributed by atoms with Crippen LogP contribution in [0.2, 0.25) is 0 Å². The summed E-state index contributed by atoms with van der Waals surface area (Å²) in [5.41, 5.74) is 8.79. The number of benzene rings is 1. The molecule has 2 saturated carbocycles. The minimum Gasteiger partial charge on any atom is -0.344 e. The van der Waals surface area contributed by atoms with Gasteiger partial charge in [-0.2, -0.15) is 0 Å². The summed E-state index contributed by atoms with van der Waals surface area (Å²) in [5, 5.41) is 5.18. The quantitative estimate of drug-likeness (QED) is 0.501. The van der Waals surface area contributed by atoms with Crippen molar-refractivity contribution in [1.29, 1.82) is 0 Å². The zero-order valence-electron chi connectivity index (χ0n) is 18.2. The van der Waals surface area contributed by atoms with Crippen LogP contribution in [-0.2, 0) is 0 Å². The molecule has 0 saturated heterocycles. The van der Waals surface area contributed by atoms with Gasteiger partial charge in [0.15, 0.2) is 0 Å². The Balaban J connectivity index is 1.61. The van der Waals surface area contributed by atoms with Crippen molar-refractivity contribution in [2.45, 2.75) is 89.0 Å². The summed E-state index contributed by atoms with van der Waals surface area (Å²) in [5.74, 6) is 1.54. The molecule has 1 atom stereocenters. The second-order valence-corrected chi connectivity index (χ2v) is 9.49. The Morgan fingerprint density at radius 3 is 2.41 bits per heavy atom. The van der Waals surface area contributed by atoms with Gasteiger partial charge in [-0.25, -0.2) is 0 Å². The average molecular weight is 396 g/mol. The van der Waals surface area contributed by atoms with Gasteiger partial charge in [0.05, 0.1) is 0 Å². The maximum Gasteiger partial charge on any atom is 0.0485 e. The summed E-state index contributed by atoms with van der Waals surface area (Å²) in [7, 11) is 0. The highest BCUT2D eigenvalue weighted by molar-refractivity contribution is 5.84. The summed E-state index contributed by atoms with van der Waals surface area (Å²) in [4.78, 5) is 0. The molecule has 3 heteroatoms. The lowest BCUT2D eigenvalue weighted by Crippen LogP contribution is -2.24. The molecule has 2 aliphatic carbocycles. The Bertz CT molecular complexity index is 737. The van der Waals surface area contributed by atoms with E-state index in [9.17, 15) is 0 Å². The maximum absolute atomic E-state index is 5.67. The Labute approximate surface area is 177 Å². The number of nitrogens with zero attached hydrogens (tertiary/aromatic N) is 1. The first kappa shape index (κ1) is 20.9. The molecule has 160 valence electrons. The van der Waals surface area contributed by atoms with Gasteiger partial charge in [-0.15, -0.1) is 0 Å². The molecule has 0 aliphatic heterocycles. The second kappa shape index (κ2) is 10.6. The van der Waals surface area contributed by atoms with Crippen LogP contribution >= 0.6 is 0 Å². The molecule has 2 fully saturated rings. The number of nitrogens with two attached hydrogens (primary N) is 1. The number of rotatable bonds is 9. The van der Waals surface area contributed by atoms with Crippen molar-refractivity contribution in [3.63, 3.8) is 0 Å². The van der Waals surface area contributed by atoms with Crippen LogP contribution in [0.4, 0.5) is 0 Å². The first-order chi connectivity index (χ1) is 14.4. The summed E-state index contributed by atoms with van der Waals surface area (Å²) in [6.45, 7) is 2.95. The van der Waals surface area contributed by atoms with Crippen molar-refractivity contribution in [2.75, 3.05) is 19.6 Å². The van der Waals surface area contributed by atoms with E-state index in [0.717, 1.165) is 32.0 Å². The molecule has 2 aromatic rings. The molecule has 1 heterocycles. The van der Waals surface area contributed by atoms with Gasteiger partial charge in [-0.3, -0.25) is 0 Å². The summed E-state index contributed by atoms with van der Waals surface area (Å²) in [6, 6.07) is 9.94. The molecule has 1 aromatic heterocycles. The first-order valence-corrected chi connectivity index (χ1v) is 12.4. The highest BCUT2D eigenvalue weighted by atomic mass is 15.0. The molecule has 0 radical (unpaired) electrons. The van der Waals surface area contributed by atoms with E-state index in [0.29, 0.717) is 12.0 Å². The Hall–Kier alpha value is -1.32. The second-order valence-electron chi connectivity index (χ2n) is 9.49. The van der Waals surface area contributed by atoms with E-state index in [4.69, 9.17) is 5.73 Å². The first-order valence-electron chi connectivity index (χ1n) is 12.4. The van der Waals surface area contributed by atoms with E-state index in [2.05, 4.69) is 40.3 Å². The molecule has 0 amide bonds. The third-order valence-corrected chi connectivity index (χ3v) is 7.55. The molecular weight excluding hydrogens is 354 g/mol. The van der Waals surface area contributed by atoms with E-state index < -0.39 is 0 Å². The largest absolute Gasteiger partial charge is 0.344 e. The zero-order chi connectivity index (χ0) is 19.9. The van der Waals surface area contributed by atoms with Crippen molar-refractivity contribution in [3.8, 4) is 0 Å². The van der Waals surface area contributed by atoms with Crippen LogP contribution < -0.4 is 11.1 Å². The van der Waals surface area contributed by atoms with Crippen LogP contribution in [0.5, 0.6) is 0 Å². The topological polar surface area (TPSA) is 43.0 Å². The van der Waals surface area contributed by atoms with E-state index in [1.54, 1.807) is 5.56 Å². The minimum atomic E-state index is 0.690. The lowest BCUT2D eigenvalue weighted by Gasteiger charge is -2.31. The lowest BCUT2D eigenvalue weighted by molar-refractivity contribution is 0.292. The molecule has 2 aliphatic rings. The summed E-state index contributed by atoms with van der Waals surface area (Å²) >= 11 is 0. The number of hydrogen-bond donors (Lipinski definition) is 2. The third kappa shape index (κ3) is 5.06. The molecule has 29 heavy (non-hydrogen) atoms. The molecule has 4 rings (SSSR count). The van der Waals surface area contributed by atoms with E-state index in [1.165, 1.54) is 81.5 Å². The summed E-state index contributed by atoms with van der Waals surface area (Å²) < 4.78 is 2.67. The number of nitrogens with one attached hydrogen (secondary N) is 1. The highest BCUT2D eigenvalue weighted by Crippen LogP contribution is 2.43. The molecule has 0 spiro atoms. The Morgan fingerprint density at radius 1 is 0.931 bits per heavy atom. The standard InChI is InChI=1S/C26H41N3/c27-17-9-18-28-19-16-23(21-10-3-1-4-11-21)25-20-29(22-12-5-2-6-13-22)26-15-8-7-14-24(25)26/h7-8,14-15,20-23,28H,1-6,9-13,16-19,27H2. The van der Waals surface area contributed by atoms with Crippen molar-refractivity contribution in [1.82, 2.24) is 9.88 Å². The van der Waals surface area contributed by atoms with E-state index in [-0.39, 0.29) is 0 Å². The fourth-order valence-electron chi connectivity index (χ4n) is 5.98. The van der Waals surface area contributed by atoms with Crippen molar-refractivity contribution in [3.05, 3.63) is 36.0 Å². The third-order valence-electron chi connectivity index (χ3n) is 7.55. The fraction of sp³-hybridized carbons (Fsp3) is 0.692. The van der Waals surface area contributed by atoms with Gasteiger partial charge in [-0.05, 0) is 81.6 Å². The average Bonchev–Trinajstić information content (AvgIpc) is 3.17. The van der Waals surface area contributed by atoms with Gasteiger partial charge in [0.1, 0.15) is 0 Å². The van der Waals surface area contributed by atoms with Gasteiger partial charge in [0.2, 0.25) is 0 Å². The Kier molecular flexibility index (Phi) is 7.67. The number of para-hydroxylation sites is 1. The van der Waals surface area contributed by atoms with Gasteiger partial charge in [0, 0.05) is 23.1 Å². The molecule has 3 nitrogen and oxygen atoms in total. The Morgan fingerprint density at radius 2 is 1.66 bits per heavy atom. The minimum absolute atomic E-state index is 0.690. The SMILES string of the molecule is NCCCNCCC(c1cn(C2CCCCC2)c2ccccc12)C1CCCCC1. The molecule has 0 bridgehead atoms. The van der Waals surface area contributed by atoms with Gasteiger partial charge in [-0.1, -0.05) is 56.7 Å². The van der Waals surface area contributed by atoms with E-state index >= 15 is 0 Å². The zero-order valence-corrected chi connectivity index (χ0v) is 18.2. The smallest absolute Gasteiger partial charge is 0.0485 e. The van der Waals surface area contributed by atoms with Gasteiger partial charge < -0.3 is 15.6 Å². The van der Waals surface area contributed by atoms with Gasteiger partial charge in [0.25, 0.3) is 0 Å². The van der Waals surface area contributed by atoms with Crippen LogP contribution in [-0.4, -0.2) is 24.2 Å². The fourth-order valence-corrected chi connectivity index (χ4v) is 5.98. The number of aromatic nitrogens is 1. The van der Waals surface area contributed by atoms with Gasteiger partial charge >= 0.3 is 0 Å². The predicted molar refractivity (Wildman–Crippen MR) is 125 cm³/mol. The van der Waals surface area contributed by atoms with Crippen molar-refractivity contribution in [2.24, 2.45) is 11.7 Å². The molecule has 3 N–H and O–H groups in total. The van der Waals surface area contributed by atoms with Crippen LogP contribution in [0.25, 0.3) is 10.9 Å². The number of hydrogen-bond acceptors (Lipinski definition) is 2. The number of fused-ring (bicyclic) bond motifs is 1. The van der Waals surface area contributed by atoms with Crippen molar-refractivity contribution < 1.29 is 0 Å². The normalized spacial score (nSPS) is 20.3. The van der Waals surface area contributed by atoms with E-state index in [1.807, 2.05) is 0 Å². The monoisotopic (exact) mass is 395 g/mol. The van der Waals surface area contributed by atoms with Crippen LogP contribution in [0, 0.1) is 5.92 Å². The maximum atomic E-state index is 5.67. The predicted octanol–water partition coefficient (Wildman–Crippen LogP) is 6.14. The molecule has 1 unspecified atom stereocenters. The lowest BCUT2D eigenvalue weighted by atomic mass is 9.75. The highest BCUT2D eigenvalue weighted by Gasteiger charge is 2.28. The van der Waals surface area contributed by atoms with Crippen molar-refractivity contribution >= 4 is 10.9 Å².